The van der Waals surface area contributed by atoms with Gasteiger partial charge in [-0.1, -0.05) is 49.2 Å². The predicted octanol–water partition coefficient (Wildman–Crippen LogP) is 6.05. The highest BCUT2D eigenvalue weighted by Crippen LogP contribution is 2.38. The number of hydrogen-bond acceptors (Lipinski definition) is 5. The van der Waals surface area contributed by atoms with Gasteiger partial charge in [0.1, 0.15) is 21.4 Å². The number of carbonyl (C=O) groups is 1. The highest BCUT2D eigenvalue weighted by molar-refractivity contribution is 6.55. The Bertz CT molecular complexity index is 848. The number of allylic oxidation sites excluding steroid dienone is 1. The van der Waals surface area contributed by atoms with Gasteiger partial charge in [0.25, 0.3) is 0 Å². The van der Waals surface area contributed by atoms with Crippen molar-refractivity contribution in [3.63, 3.8) is 0 Å². The minimum atomic E-state index is -1.05. The zero-order chi connectivity index (χ0) is 21.4. The molecule has 1 unspecified atom stereocenters. The molecule has 156 valence electrons. The zero-order valence-corrected chi connectivity index (χ0v) is 18.5. The number of esters is 1. The van der Waals surface area contributed by atoms with Gasteiger partial charge >= 0.3 is 5.97 Å². The van der Waals surface area contributed by atoms with E-state index < -0.39 is 11.4 Å². The lowest BCUT2D eigenvalue weighted by molar-refractivity contribution is -0.149. The van der Waals surface area contributed by atoms with Gasteiger partial charge < -0.3 is 14.2 Å². The fourth-order valence-corrected chi connectivity index (χ4v) is 3.25. The number of pyridine rings is 1. The van der Waals surface area contributed by atoms with Crippen LogP contribution in [0.1, 0.15) is 32.9 Å². The third-order valence-corrected chi connectivity index (χ3v) is 4.96. The fraction of sp³-hybridized carbons (Fsp3) is 0.364. The molecule has 1 heterocycles. The van der Waals surface area contributed by atoms with E-state index in [4.69, 9.17) is 37.4 Å². The molecular weight excluding hydrogens is 413 g/mol. The first-order valence-corrected chi connectivity index (χ1v) is 10.1. The van der Waals surface area contributed by atoms with Crippen LogP contribution in [-0.4, -0.2) is 24.7 Å². The van der Waals surface area contributed by atoms with Gasteiger partial charge in [-0.15, -0.1) is 0 Å². The van der Waals surface area contributed by atoms with Gasteiger partial charge in [0.15, 0.2) is 0 Å². The highest BCUT2D eigenvalue weighted by atomic mass is 35.5. The topological polar surface area (TPSA) is 57.7 Å². The number of rotatable bonds is 9. The third-order valence-electron chi connectivity index (χ3n) is 4.65. The van der Waals surface area contributed by atoms with Crippen LogP contribution in [0.5, 0.6) is 17.4 Å². The van der Waals surface area contributed by atoms with Crippen LogP contribution >= 0.6 is 23.2 Å². The van der Waals surface area contributed by atoms with Gasteiger partial charge in [-0.2, -0.15) is 0 Å². The molecule has 0 fully saturated rings. The minimum Gasteiger partial charge on any atom is -0.494 e. The molecule has 1 aromatic carbocycles. The summed E-state index contributed by atoms with van der Waals surface area (Å²) in [4.78, 5) is 17.4. The van der Waals surface area contributed by atoms with Gasteiger partial charge in [-0.25, -0.2) is 4.98 Å². The number of aromatic nitrogens is 1. The Morgan fingerprint density at radius 2 is 1.79 bits per heavy atom. The maximum atomic E-state index is 12.8. The summed E-state index contributed by atoms with van der Waals surface area (Å²) in [6, 6.07) is 12.5. The standard InChI is InChI=1S/C22H25Cl2NO4/c1-5-28-16-9-11-17(12-10-16)29-20-8-6-7-18(25-20)22(15(2)3,21(26)27-4)14-13-19(23)24/h6-13,15H,5,14H2,1-4H3. The molecule has 5 nitrogen and oxygen atoms in total. The van der Waals surface area contributed by atoms with Crippen molar-refractivity contribution in [2.75, 3.05) is 13.7 Å². The van der Waals surface area contributed by atoms with E-state index in [0.717, 1.165) is 5.75 Å². The van der Waals surface area contributed by atoms with Crippen molar-refractivity contribution in [3.8, 4) is 17.4 Å². The molecule has 0 saturated carbocycles. The highest BCUT2D eigenvalue weighted by Gasteiger charge is 2.45. The lowest BCUT2D eigenvalue weighted by Gasteiger charge is -2.33. The molecular formula is C22H25Cl2NO4. The maximum Gasteiger partial charge on any atom is 0.318 e. The molecule has 2 rings (SSSR count). The number of halogens is 2. The van der Waals surface area contributed by atoms with Gasteiger partial charge in [-0.05, 0) is 49.6 Å². The zero-order valence-electron chi connectivity index (χ0n) is 16.9. The van der Waals surface area contributed by atoms with Crippen LogP contribution in [0.15, 0.2) is 53.0 Å². The smallest absolute Gasteiger partial charge is 0.318 e. The molecule has 2 aromatic rings. The molecule has 0 bridgehead atoms. The second-order valence-corrected chi connectivity index (χ2v) is 7.69. The van der Waals surface area contributed by atoms with Crippen molar-refractivity contribution in [1.82, 2.24) is 4.98 Å². The van der Waals surface area contributed by atoms with Crippen molar-refractivity contribution in [2.24, 2.45) is 5.92 Å². The second-order valence-electron chi connectivity index (χ2n) is 6.68. The number of benzene rings is 1. The van der Waals surface area contributed by atoms with E-state index in [9.17, 15) is 4.79 Å². The van der Waals surface area contributed by atoms with Gasteiger partial charge in [0, 0.05) is 6.07 Å². The summed E-state index contributed by atoms with van der Waals surface area (Å²) >= 11 is 11.6. The minimum absolute atomic E-state index is 0.0840. The monoisotopic (exact) mass is 437 g/mol. The van der Waals surface area contributed by atoms with Gasteiger partial charge in [0.05, 0.1) is 19.4 Å². The van der Waals surface area contributed by atoms with E-state index in [0.29, 0.717) is 23.9 Å². The summed E-state index contributed by atoms with van der Waals surface area (Å²) in [6.07, 6.45) is 1.83. The average molecular weight is 438 g/mol. The quantitative estimate of drug-likeness (QED) is 0.446. The molecule has 0 aliphatic carbocycles. The van der Waals surface area contributed by atoms with Crippen LogP contribution in [0.3, 0.4) is 0 Å². The van der Waals surface area contributed by atoms with Crippen LogP contribution in [-0.2, 0) is 14.9 Å². The molecule has 0 aliphatic heterocycles. The van der Waals surface area contributed by atoms with Crippen LogP contribution in [0.2, 0.25) is 0 Å². The summed E-state index contributed by atoms with van der Waals surface area (Å²) in [6.45, 7) is 6.37. The first-order chi connectivity index (χ1) is 13.8. The first kappa shape index (κ1) is 23.0. The van der Waals surface area contributed by atoms with E-state index >= 15 is 0 Å². The van der Waals surface area contributed by atoms with Crippen molar-refractivity contribution in [1.29, 1.82) is 0 Å². The molecule has 0 N–H and O–H groups in total. The molecule has 7 heteroatoms. The average Bonchev–Trinajstić information content (AvgIpc) is 2.70. The Morgan fingerprint density at radius 1 is 1.14 bits per heavy atom. The number of carbonyl (C=O) groups excluding carboxylic acids is 1. The number of ether oxygens (including phenoxy) is 3. The molecule has 29 heavy (non-hydrogen) atoms. The number of methoxy groups -OCH3 is 1. The van der Waals surface area contributed by atoms with E-state index in [1.807, 2.05) is 32.9 Å². The Hall–Kier alpha value is -2.24. The third kappa shape index (κ3) is 5.64. The second kappa shape index (κ2) is 10.5. The molecule has 0 saturated heterocycles. The van der Waals surface area contributed by atoms with Gasteiger partial charge in [0.2, 0.25) is 5.88 Å². The Labute approximate surface area is 181 Å². The predicted molar refractivity (Wildman–Crippen MR) is 115 cm³/mol. The summed E-state index contributed by atoms with van der Waals surface area (Å²) in [5.41, 5.74) is -0.532. The van der Waals surface area contributed by atoms with E-state index in [-0.39, 0.29) is 16.8 Å². The normalized spacial score (nSPS) is 12.8. The van der Waals surface area contributed by atoms with Crippen LogP contribution < -0.4 is 9.47 Å². The van der Waals surface area contributed by atoms with Gasteiger partial charge in [-0.3, -0.25) is 4.79 Å². The maximum absolute atomic E-state index is 12.8. The Morgan fingerprint density at radius 3 is 2.34 bits per heavy atom. The number of hydrogen-bond donors (Lipinski definition) is 0. The molecule has 1 aromatic heterocycles. The fourth-order valence-electron chi connectivity index (χ4n) is 3.09. The van der Waals surface area contributed by atoms with Crippen molar-refractivity contribution in [2.45, 2.75) is 32.6 Å². The molecule has 0 amide bonds. The first-order valence-electron chi connectivity index (χ1n) is 9.31. The van der Waals surface area contributed by atoms with Crippen molar-refractivity contribution in [3.05, 3.63) is 58.7 Å². The Balaban J connectivity index is 2.40. The van der Waals surface area contributed by atoms with E-state index in [1.54, 1.807) is 36.4 Å². The van der Waals surface area contributed by atoms with Crippen LogP contribution in [0, 0.1) is 5.92 Å². The summed E-state index contributed by atoms with van der Waals surface area (Å²) in [7, 11) is 1.35. The Kier molecular flexibility index (Phi) is 8.35. The largest absolute Gasteiger partial charge is 0.494 e. The lowest BCUT2D eigenvalue weighted by Crippen LogP contribution is -2.42. The SMILES string of the molecule is CCOc1ccc(Oc2cccc(C(CC=C(Cl)Cl)(C(=O)OC)C(C)C)n2)cc1. The van der Waals surface area contributed by atoms with Crippen molar-refractivity contribution >= 4 is 29.2 Å². The summed E-state index contributed by atoms with van der Waals surface area (Å²) in [5, 5.41) is 0. The van der Waals surface area contributed by atoms with E-state index in [2.05, 4.69) is 4.98 Å². The van der Waals surface area contributed by atoms with Crippen molar-refractivity contribution < 1.29 is 19.0 Å². The molecule has 0 aliphatic rings. The van der Waals surface area contributed by atoms with Crippen LogP contribution in [0.25, 0.3) is 0 Å². The van der Waals surface area contributed by atoms with E-state index in [1.165, 1.54) is 7.11 Å². The summed E-state index contributed by atoms with van der Waals surface area (Å²) in [5.74, 6) is 1.18. The summed E-state index contributed by atoms with van der Waals surface area (Å²) < 4.78 is 16.5. The molecule has 0 spiro atoms. The lowest BCUT2D eigenvalue weighted by atomic mass is 9.71. The molecule has 0 radical (unpaired) electrons. The number of nitrogens with zero attached hydrogens (tertiary/aromatic N) is 1. The van der Waals surface area contributed by atoms with Crippen LogP contribution in [0.4, 0.5) is 0 Å². The molecule has 1 atom stereocenters.